The van der Waals surface area contributed by atoms with Gasteiger partial charge in [0.05, 0.1) is 11.4 Å². The Morgan fingerprint density at radius 3 is 2.76 bits per heavy atom. The molecule has 29 heavy (non-hydrogen) atoms. The van der Waals surface area contributed by atoms with Crippen LogP contribution in [0, 0.1) is 0 Å². The van der Waals surface area contributed by atoms with Crippen molar-refractivity contribution in [2.75, 3.05) is 5.75 Å². The van der Waals surface area contributed by atoms with E-state index in [-0.39, 0.29) is 5.91 Å². The number of nitrogens with zero attached hydrogens (tertiary/aromatic N) is 4. The van der Waals surface area contributed by atoms with Crippen LogP contribution in [0.1, 0.15) is 38.2 Å². The van der Waals surface area contributed by atoms with Crippen molar-refractivity contribution in [1.29, 1.82) is 0 Å². The summed E-state index contributed by atoms with van der Waals surface area (Å²) in [4.78, 5) is 16.6. The van der Waals surface area contributed by atoms with E-state index in [1.807, 2.05) is 28.8 Å². The third-order valence-corrected chi connectivity index (χ3v) is 6.15. The Morgan fingerprint density at radius 1 is 1.17 bits per heavy atom. The highest BCUT2D eigenvalue weighted by Gasteiger charge is 2.21. The number of aryl methyl sites for hydroxylation is 1. The standard InChI is InChI=1S/C22H25N5OS/c1-2-16-8-3-6-12-19(16)27-21(17-9-7-13-23-14-17)25-26-22(27)29-15-20(28)24-18-10-4-5-11-18/h3,6-9,12-14,18H,2,4-5,10-11,15H2,1H3,(H,24,28). The van der Waals surface area contributed by atoms with Crippen LogP contribution in [0.4, 0.5) is 0 Å². The van der Waals surface area contributed by atoms with Crippen LogP contribution in [-0.4, -0.2) is 37.5 Å². The van der Waals surface area contributed by atoms with Gasteiger partial charge in [0.25, 0.3) is 0 Å². The molecular weight excluding hydrogens is 382 g/mol. The average molecular weight is 408 g/mol. The molecule has 0 bridgehead atoms. The molecule has 1 aromatic carbocycles. The summed E-state index contributed by atoms with van der Waals surface area (Å²) in [5.41, 5.74) is 3.14. The maximum atomic E-state index is 12.4. The highest BCUT2D eigenvalue weighted by molar-refractivity contribution is 7.99. The summed E-state index contributed by atoms with van der Waals surface area (Å²) in [6.07, 6.45) is 9.00. The molecule has 0 unspecified atom stereocenters. The van der Waals surface area contributed by atoms with Crippen LogP contribution in [0.25, 0.3) is 17.1 Å². The SMILES string of the molecule is CCc1ccccc1-n1c(SCC(=O)NC2CCCC2)nnc1-c1cccnc1. The van der Waals surface area contributed by atoms with E-state index in [4.69, 9.17) is 0 Å². The molecule has 4 rings (SSSR count). The van der Waals surface area contributed by atoms with Crippen molar-refractivity contribution < 1.29 is 4.79 Å². The minimum atomic E-state index is 0.0585. The quantitative estimate of drug-likeness (QED) is 0.599. The number of rotatable bonds is 7. The zero-order chi connectivity index (χ0) is 20.1. The van der Waals surface area contributed by atoms with Crippen LogP contribution in [0.2, 0.25) is 0 Å². The summed E-state index contributed by atoms with van der Waals surface area (Å²) >= 11 is 1.42. The second-order valence-corrected chi connectivity index (χ2v) is 8.15. The van der Waals surface area contributed by atoms with Gasteiger partial charge in [0.2, 0.25) is 5.91 Å². The number of hydrogen-bond acceptors (Lipinski definition) is 5. The van der Waals surface area contributed by atoms with Crippen molar-refractivity contribution >= 4 is 17.7 Å². The number of aromatic nitrogens is 4. The minimum absolute atomic E-state index is 0.0585. The molecule has 1 amide bonds. The Kier molecular flexibility index (Phi) is 6.24. The van der Waals surface area contributed by atoms with E-state index in [9.17, 15) is 4.79 Å². The molecule has 0 saturated heterocycles. The molecule has 1 aliphatic carbocycles. The van der Waals surface area contributed by atoms with Crippen LogP contribution in [-0.2, 0) is 11.2 Å². The van der Waals surface area contributed by atoms with Crippen LogP contribution < -0.4 is 5.32 Å². The molecule has 6 nitrogen and oxygen atoms in total. The monoisotopic (exact) mass is 407 g/mol. The first kappa shape index (κ1) is 19.6. The number of thioether (sulfide) groups is 1. The average Bonchev–Trinajstić information content (AvgIpc) is 3.42. The van der Waals surface area contributed by atoms with Crippen molar-refractivity contribution in [2.45, 2.75) is 50.2 Å². The molecule has 3 aromatic rings. The van der Waals surface area contributed by atoms with Crippen molar-refractivity contribution in [1.82, 2.24) is 25.1 Å². The highest BCUT2D eigenvalue weighted by atomic mass is 32.2. The maximum Gasteiger partial charge on any atom is 0.230 e. The molecule has 1 N–H and O–H groups in total. The smallest absolute Gasteiger partial charge is 0.230 e. The summed E-state index contributed by atoms with van der Waals surface area (Å²) in [5.74, 6) is 1.12. The Morgan fingerprint density at radius 2 is 2.00 bits per heavy atom. The van der Waals surface area contributed by atoms with E-state index in [2.05, 4.69) is 39.6 Å². The van der Waals surface area contributed by atoms with Crippen LogP contribution in [0.15, 0.2) is 53.9 Å². The Bertz CT molecular complexity index is 966. The number of para-hydroxylation sites is 1. The first-order valence-corrected chi connectivity index (χ1v) is 11.1. The summed E-state index contributed by atoms with van der Waals surface area (Å²) in [6.45, 7) is 2.13. The lowest BCUT2D eigenvalue weighted by Gasteiger charge is -2.14. The van der Waals surface area contributed by atoms with Gasteiger partial charge in [-0.3, -0.25) is 14.3 Å². The Hall–Kier alpha value is -2.67. The molecule has 0 spiro atoms. The van der Waals surface area contributed by atoms with Crippen LogP contribution >= 0.6 is 11.8 Å². The maximum absolute atomic E-state index is 12.4. The topological polar surface area (TPSA) is 72.7 Å². The molecule has 150 valence electrons. The van der Waals surface area contributed by atoms with E-state index in [1.165, 1.54) is 30.2 Å². The molecule has 1 fully saturated rings. The Balaban J connectivity index is 1.63. The fourth-order valence-electron chi connectivity index (χ4n) is 3.76. The first-order valence-electron chi connectivity index (χ1n) is 10.1. The largest absolute Gasteiger partial charge is 0.353 e. The third-order valence-electron chi connectivity index (χ3n) is 5.22. The fourth-order valence-corrected chi connectivity index (χ4v) is 4.52. The zero-order valence-corrected chi connectivity index (χ0v) is 17.4. The lowest BCUT2D eigenvalue weighted by Crippen LogP contribution is -2.33. The molecule has 0 radical (unpaired) electrons. The molecule has 0 aliphatic heterocycles. The predicted molar refractivity (Wildman–Crippen MR) is 115 cm³/mol. The van der Waals surface area contributed by atoms with Gasteiger partial charge >= 0.3 is 0 Å². The number of nitrogens with one attached hydrogen (secondary N) is 1. The van der Waals surface area contributed by atoms with Crippen molar-refractivity contribution in [3.05, 3.63) is 54.4 Å². The highest BCUT2D eigenvalue weighted by Crippen LogP contribution is 2.29. The number of benzene rings is 1. The third kappa shape index (κ3) is 4.50. The van der Waals surface area contributed by atoms with E-state index in [0.29, 0.717) is 17.0 Å². The normalized spacial score (nSPS) is 14.2. The Labute approximate surface area is 175 Å². The first-order chi connectivity index (χ1) is 14.3. The van der Waals surface area contributed by atoms with Gasteiger partial charge < -0.3 is 5.32 Å². The van der Waals surface area contributed by atoms with Gasteiger partial charge in [-0.1, -0.05) is 49.7 Å². The van der Waals surface area contributed by atoms with E-state index in [1.54, 1.807) is 12.4 Å². The van der Waals surface area contributed by atoms with Crippen LogP contribution in [0.5, 0.6) is 0 Å². The van der Waals surface area contributed by atoms with E-state index in [0.717, 1.165) is 36.3 Å². The molecular formula is C22H25N5OS. The number of pyridine rings is 1. The van der Waals surface area contributed by atoms with Gasteiger partial charge in [-0.15, -0.1) is 10.2 Å². The van der Waals surface area contributed by atoms with Crippen LogP contribution in [0.3, 0.4) is 0 Å². The van der Waals surface area contributed by atoms with Crippen molar-refractivity contribution in [3.8, 4) is 17.1 Å². The zero-order valence-electron chi connectivity index (χ0n) is 16.5. The van der Waals surface area contributed by atoms with Crippen molar-refractivity contribution in [3.63, 3.8) is 0 Å². The summed E-state index contributed by atoms with van der Waals surface area (Å²) < 4.78 is 2.05. The molecule has 2 heterocycles. The van der Waals surface area contributed by atoms with Gasteiger partial charge in [0.15, 0.2) is 11.0 Å². The summed E-state index contributed by atoms with van der Waals surface area (Å²) in [7, 11) is 0. The van der Waals surface area contributed by atoms with E-state index < -0.39 is 0 Å². The lowest BCUT2D eigenvalue weighted by molar-refractivity contribution is -0.119. The van der Waals surface area contributed by atoms with Gasteiger partial charge in [-0.2, -0.15) is 0 Å². The molecule has 7 heteroatoms. The number of carbonyl (C=O) groups is 1. The number of amides is 1. The predicted octanol–water partition coefficient (Wildman–Crippen LogP) is 4.04. The number of carbonyl (C=O) groups excluding carboxylic acids is 1. The van der Waals surface area contributed by atoms with Gasteiger partial charge in [0, 0.05) is 24.0 Å². The summed E-state index contributed by atoms with van der Waals surface area (Å²) in [5, 5.41) is 12.7. The van der Waals surface area contributed by atoms with Gasteiger partial charge in [-0.25, -0.2) is 0 Å². The lowest BCUT2D eigenvalue weighted by atomic mass is 10.1. The molecule has 2 aromatic heterocycles. The molecule has 1 saturated carbocycles. The molecule has 1 aliphatic rings. The van der Waals surface area contributed by atoms with Gasteiger partial charge in [-0.05, 0) is 43.0 Å². The number of hydrogen-bond donors (Lipinski definition) is 1. The van der Waals surface area contributed by atoms with E-state index >= 15 is 0 Å². The minimum Gasteiger partial charge on any atom is -0.353 e. The fraction of sp³-hybridized carbons (Fsp3) is 0.364. The van der Waals surface area contributed by atoms with Crippen molar-refractivity contribution in [2.24, 2.45) is 0 Å². The molecule has 0 atom stereocenters. The van der Waals surface area contributed by atoms with Gasteiger partial charge in [0.1, 0.15) is 0 Å². The second kappa shape index (κ2) is 9.22. The summed E-state index contributed by atoms with van der Waals surface area (Å²) in [6, 6.07) is 12.4. The second-order valence-electron chi connectivity index (χ2n) is 7.20.